The Balaban J connectivity index is 1.79. The summed E-state index contributed by atoms with van der Waals surface area (Å²) in [4.78, 5) is 4.30. The van der Waals surface area contributed by atoms with Crippen LogP contribution in [0.25, 0.3) is 10.6 Å². The molecule has 0 aliphatic carbocycles. The molecule has 0 amide bonds. The lowest BCUT2D eigenvalue weighted by atomic mass is 10.1. The normalized spacial score (nSPS) is 13.4. The van der Waals surface area contributed by atoms with E-state index >= 15 is 0 Å². The van der Waals surface area contributed by atoms with Gasteiger partial charge in [0, 0.05) is 23.2 Å². The summed E-state index contributed by atoms with van der Waals surface area (Å²) in [5, 5.41) is 1.75. The Morgan fingerprint density at radius 2 is 1.61 bits per heavy atom. The minimum absolute atomic E-state index is 0.128. The Labute approximate surface area is 167 Å². The maximum absolute atomic E-state index is 13.0. The van der Waals surface area contributed by atoms with Crippen molar-refractivity contribution in [3.63, 3.8) is 0 Å². The molecule has 0 saturated carbocycles. The fourth-order valence-electron chi connectivity index (χ4n) is 2.47. The molecule has 3 aromatic rings. The smallest absolute Gasteiger partial charge is 0.224 e. The monoisotopic (exact) mass is 440 g/mol. The van der Waals surface area contributed by atoms with Crippen LogP contribution in [-0.2, 0) is 19.9 Å². The molecule has 1 N–H and O–H groups in total. The van der Waals surface area contributed by atoms with Gasteiger partial charge in [-0.2, -0.15) is 0 Å². The molecule has 28 heavy (non-hydrogen) atoms. The summed E-state index contributed by atoms with van der Waals surface area (Å²) in [6.07, 6.45) is 1.11. The van der Waals surface area contributed by atoms with Crippen molar-refractivity contribution in [3.05, 3.63) is 65.3 Å². The van der Waals surface area contributed by atoms with Crippen LogP contribution in [-0.4, -0.2) is 28.1 Å². The van der Waals surface area contributed by atoms with Crippen molar-refractivity contribution in [2.45, 2.75) is 22.9 Å². The van der Waals surface area contributed by atoms with Crippen molar-refractivity contribution in [2.75, 3.05) is 6.26 Å². The largest absolute Gasteiger partial charge is 0.259 e. The summed E-state index contributed by atoms with van der Waals surface area (Å²) >= 11 is 1.14. The van der Waals surface area contributed by atoms with Gasteiger partial charge in [-0.15, -0.1) is 11.3 Å². The predicted molar refractivity (Wildman–Crippen MR) is 106 cm³/mol. The van der Waals surface area contributed by atoms with Crippen LogP contribution in [0.15, 0.2) is 63.8 Å². The van der Waals surface area contributed by atoms with Gasteiger partial charge in [-0.05, 0) is 48.9 Å². The highest BCUT2D eigenvalue weighted by atomic mass is 32.2. The average molecular weight is 441 g/mol. The van der Waals surface area contributed by atoms with E-state index < -0.39 is 25.9 Å². The first-order valence-electron chi connectivity index (χ1n) is 8.10. The van der Waals surface area contributed by atoms with Gasteiger partial charge in [0.05, 0.1) is 4.90 Å². The van der Waals surface area contributed by atoms with Gasteiger partial charge in [-0.25, -0.2) is 30.9 Å². The van der Waals surface area contributed by atoms with E-state index in [0.29, 0.717) is 16.1 Å². The molecule has 1 heterocycles. The van der Waals surface area contributed by atoms with Gasteiger partial charge in [0.15, 0.2) is 14.9 Å². The van der Waals surface area contributed by atoms with E-state index in [1.807, 2.05) is 0 Å². The van der Waals surface area contributed by atoms with Gasteiger partial charge in [0.1, 0.15) is 10.8 Å². The number of sulfonamides is 1. The lowest BCUT2D eigenvalue weighted by Gasteiger charge is -2.14. The highest BCUT2D eigenvalue weighted by Crippen LogP contribution is 2.26. The van der Waals surface area contributed by atoms with Crippen LogP contribution in [0, 0.1) is 5.82 Å². The molecular weight excluding hydrogens is 423 g/mol. The van der Waals surface area contributed by atoms with Gasteiger partial charge in [-0.1, -0.05) is 12.1 Å². The SMILES string of the molecule is C[C@@H](NS(=O)(=O)c1csc(-c2ccc(F)cc2)n1)c1ccc(S(C)(=O)=O)cc1. The van der Waals surface area contributed by atoms with Crippen LogP contribution >= 0.6 is 11.3 Å². The van der Waals surface area contributed by atoms with Crippen LogP contribution < -0.4 is 4.72 Å². The molecule has 148 valence electrons. The molecule has 1 atom stereocenters. The van der Waals surface area contributed by atoms with E-state index in [1.54, 1.807) is 19.1 Å². The number of nitrogens with zero attached hydrogens (tertiary/aromatic N) is 1. The van der Waals surface area contributed by atoms with Crippen molar-refractivity contribution in [3.8, 4) is 10.6 Å². The molecule has 0 radical (unpaired) electrons. The van der Waals surface area contributed by atoms with Gasteiger partial charge >= 0.3 is 0 Å². The summed E-state index contributed by atoms with van der Waals surface area (Å²) in [6.45, 7) is 1.65. The summed E-state index contributed by atoms with van der Waals surface area (Å²) in [5.41, 5.74) is 1.24. The zero-order chi connectivity index (χ0) is 20.5. The minimum Gasteiger partial charge on any atom is -0.224 e. The topological polar surface area (TPSA) is 93.2 Å². The Morgan fingerprint density at radius 3 is 2.18 bits per heavy atom. The molecule has 0 aliphatic heterocycles. The standard InChI is InChI=1S/C18H17FN2O4S3/c1-12(13-5-9-16(10-6-13)27(2,22)23)21-28(24,25)17-11-26-18(20-17)14-3-7-15(19)8-4-14/h3-12,21H,1-2H3/t12-/m1/s1. The Kier molecular flexibility index (Phi) is 5.67. The zero-order valence-electron chi connectivity index (χ0n) is 15.0. The van der Waals surface area contributed by atoms with Gasteiger partial charge in [0.25, 0.3) is 10.0 Å². The van der Waals surface area contributed by atoms with E-state index in [9.17, 15) is 21.2 Å². The third-order valence-corrected chi connectivity index (χ3v) is 7.58. The maximum atomic E-state index is 13.0. The lowest BCUT2D eigenvalue weighted by molar-refractivity contribution is 0.563. The third kappa shape index (κ3) is 4.64. The highest BCUT2D eigenvalue weighted by Gasteiger charge is 2.22. The third-order valence-electron chi connectivity index (χ3n) is 3.99. The fourth-order valence-corrected chi connectivity index (χ4v) is 5.43. The van der Waals surface area contributed by atoms with Crippen LogP contribution in [0.4, 0.5) is 4.39 Å². The molecule has 0 aliphatic rings. The summed E-state index contributed by atoms with van der Waals surface area (Å²) in [5.74, 6) is -0.384. The molecule has 0 unspecified atom stereocenters. The number of rotatable bonds is 6. The summed E-state index contributed by atoms with van der Waals surface area (Å²) in [7, 11) is -7.21. The number of hydrogen-bond acceptors (Lipinski definition) is 6. The van der Waals surface area contributed by atoms with Crippen molar-refractivity contribution in [2.24, 2.45) is 0 Å². The Hall–Kier alpha value is -2.14. The van der Waals surface area contributed by atoms with E-state index in [0.717, 1.165) is 17.6 Å². The number of aromatic nitrogens is 1. The van der Waals surface area contributed by atoms with Crippen molar-refractivity contribution in [1.29, 1.82) is 0 Å². The van der Waals surface area contributed by atoms with Gasteiger partial charge < -0.3 is 0 Å². The molecule has 1 aromatic heterocycles. The van der Waals surface area contributed by atoms with E-state index in [1.165, 1.54) is 41.8 Å². The van der Waals surface area contributed by atoms with E-state index in [4.69, 9.17) is 0 Å². The second kappa shape index (κ2) is 7.70. The van der Waals surface area contributed by atoms with E-state index in [2.05, 4.69) is 9.71 Å². The number of benzene rings is 2. The molecule has 0 spiro atoms. The first-order chi connectivity index (χ1) is 13.1. The quantitative estimate of drug-likeness (QED) is 0.634. The Morgan fingerprint density at radius 1 is 1.00 bits per heavy atom. The second-order valence-corrected chi connectivity index (χ2v) is 10.7. The molecule has 0 fully saturated rings. The molecule has 10 heteroatoms. The molecule has 2 aromatic carbocycles. The van der Waals surface area contributed by atoms with Crippen LogP contribution in [0.5, 0.6) is 0 Å². The lowest BCUT2D eigenvalue weighted by Crippen LogP contribution is -2.27. The molecule has 6 nitrogen and oxygen atoms in total. The molecule has 0 bridgehead atoms. The molecular formula is C18H17FN2O4S3. The number of nitrogens with one attached hydrogen (secondary N) is 1. The van der Waals surface area contributed by atoms with Crippen LogP contribution in [0.2, 0.25) is 0 Å². The zero-order valence-corrected chi connectivity index (χ0v) is 17.4. The highest BCUT2D eigenvalue weighted by molar-refractivity contribution is 7.90. The van der Waals surface area contributed by atoms with Crippen molar-refractivity contribution in [1.82, 2.24) is 9.71 Å². The van der Waals surface area contributed by atoms with Gasteiger partial charge in [0.2, 0.25) is 0 Å². The van der Waals surface area contributed by atoms with Crippen molar-refractivity contribution >= 4 is 31.2 Å². The number of halogens is 1. The van der Waals surface area contributed by atoms with Crippen LogP contribution in [0.3, 0.4) is 0 Å². The van der Waals surface area contributed by atoms with E-state index in [-0.39, 0.29) is 15.7 Å². The van der Waals surface area contributed by atoms with Gasteiger partial charge in [-0.3, -0.25) is 0 Å². The minimum atomic E-state index is -3.88. The number of hydrogen-bond donors (Lipinski definition) is 1. The Bertz CT molecular complexity index is 1190. The fraction of sp³-hybridized carbons (Fsp3) is 0.167. The number of sulfone groups is 1. The molecule has 3 rings (SSSR count). The first kappa shape index (κ1) is 20.6. The number of thiazole rings is 1. The summed E-state index contributed by atoms with van der Waals surface area (Å²) < 4.78 is 63.9. The maximum Gasteiger partial charge on any atom is 0.259 e. The average Bonchev–Trinajstić information content (AvgIpc) is 3.12. The first-order valence-corrected chi connectivity index (χ1v) is 12.4. The van der Waals surface area contributed by atoms with Crippen molar-refractivity contribution < 1.29 is 21.2 Å². The summed E-state index contributed by atoms with van der Waals surface area (Å²) in [6, 6.07) is 11.0. The predicted octanol–water partition coefficient (Wildman–Crippen LogP) is 3.39. The molecule has 0 saturated heterocycles. The second-order valence-electron chi connectivity index (χ2n) is 6.18. The van der Waals surface area contributed by atoms with Crippen LogP contribution in [0.1, 0.15) is 18.5 Å².